The molecule has 0 aliphatic carbocycles. The first-order chi connectivity index (χ1) is 12.3. The lowest BCUT2D eigenvalue weighted by Crippen LogP contribution is -2.33. The SMILES string of the molecule is CC(C)(C)OC(=O)NCCC(O)c1cccc(C#Cc2ccccc2)c1. The maximum atomic E-state index is 11.6. The van der Waals surface area contributed by atoms with Gasteiger partial charge in [0, 0.05) is 17.7 Å². The van der Waals surface area contributed by atoms with E-state index in [-0.39, 0.29) is 0 Å². The lowest BCUT2D eigenvalue weighted by atomic mass is 10.0. The molecule has 1 atom stereocenters. The third-order valence-corrected chi connectivity index (χ3v) is 3.48. The summed E-state index contributed by atoms with van der Waals surface area (Å²) in [6, 6.07) is 17.2. The molecule has 0 spiro atoms. The molecule has 136 valence electrons. The van der Waals surface area contributed by atoms with Gasteiger partial charge < -0.3 is 15.2 Å². The minimum absolute atomic E-state index is 0.329. The van der Waals surface area contributed by atoms with Gasteiger partial charge in [0.15, 0.2) is 0 Å². The Hall–Kier alpha value is -2.77. The Morgan fingerprint density at radius 2 is 1.73 bits per heavy atom. The maximum Gasteiger partial charge on any atom is 0.407 e. The predicted molar refractivity (Wildman–Crippen MR) is 103 cm³/mol. The highest BCUT2D eigenvalue weighted by Crippen LogP contribution is 2.17. The molecule has 0 saturated carbocycles. The van der Waals surface area contributed by atoms with Gasteiger partial charge in [-0.3, -0.25) is 0 Å². The van der Waals surface area contributed by atoms with Crippen molar-refractivity contribution in [1.82, 2.24) is 5.32 Å². The van der Waals surface area contributed by atoms with Gasteiger partial charge in [-0.2, -0.15) is 0 Å². The molecule has 0 aliphatic rings. The second-order valence-electron chi connectivity index (χ2n) is 6.97. The van der Waals surface area contributed by atoms with Crippen LogP contribution in [-0.4, -0.2) is 23.3 Å². The van der Waals surface area contributed by atoms with Crippen LogP contribution >= 0.6 is 0 Å². The van der Waals surface area contributed by atoms with Crippen LogP contribution in [0.25, 0.3) is 0 Å². The zero-order chi connectivity index (χ0) is 19.0. The van der Waals surface area contributed by atoms with E-state index in [0.717, 1.165) is 16.7 Å². The Kier molecular flexibility index (Phi) is 6.82. The molecule has 2 N–H and O–H groups in total. The van der Waals surface area contributed by atoms with Crippen molar-refractivity contribution in [1.29, 1.82) is 0 Å². The topological polar surface area (TPSA) is 58.6 Å². The van der Waals surface area contributed by atoms with E-state index in [9.17, 15) is 9.90 Å². The number of alkyl carbamates (subject to hydrolysis) is 1. The quantitative estimate of drug-likeness (QED) is 0.818. The third-order valence-electron chi connectivity index (χ3n) is 3.48. The van der Waals surface area contributed by atoms with E-state index < -0.39 is 17.8 Å². The Morgan fingerprint density at radius 3 is 2.42 bits per heavy atom. The summed E-state index contributed by atoms with van der Waals surface area (Å²) in [6.07, 6.45) is -0.759. The number of aliphatic hydroxyl groups is 1. The highest BCUT2D eigenvalue weighted by Gasteiger charge is 2.16. The fraction of sp³-hybridized carbons (Fsp3) is 0.318. The average Bonchev–Trinajstić information content (AvgIpc) is 2.59. The molecule has 2 rings (SSSR count). The van der Waals surface area contributed by atoms with E-state index in [4.69, 9.17) is 4.74 Å². The second-order valence-corrected chi connectivity index (χ2v) is 6.97. The molecule has 0 bridgehead atoms. The number of hydrogen-bond acceptors (Lipinski definition) is 3. The van der Waals surface area contributed by atoms with Gasteiger partial charge in [0.2, 0.25) is 0 Å². The first kappa shape index (κ1) is 19.6. The smallest absolute Gasteiger partial charge is 0.407 e. The minimum Gasteiger partial charge on any atom is -0.444 e. The van der Waals surface area contributed by atoms with Crippen molar-refractivity contribution < 1.29 is 14.6 Å². The van der Waals surface area contributed by atoms with Crippen LogP contribution in [0.5, 0.6) is 0 Å². The fourth-order valence-corrected chi connectivity index (χ4v) is 2.28. The number of rotatable bonds is 4. The number of ether oxygens (including phenoxy) is 1. The Bertz CT molecular complexity index is 782. The van der Waals surface area contributed by atoms with Crippen molar-refractivity contribution in [2.24, 2.45) is 0 Å². The molecule has 0 radical (unpaired) electrons. The normalized spacial score (nSPS) is 11.8. The minimum atomic E-state index is -0.677. The molecule has 0 saturated heterocycles. The van der Waals surface area contributed by atoms with Crippen LogP contribution in [0.15, 0.2) is 54.6 Å². The van der Waals surface area contributed by atoms with Crippen molar-refractivity contribution in [2.45, 2.75) is 38.9 Å². The van der Waals surface area contributed by atoms with Crippen LogP contribution in [-0.2, 0) is 4.74 Å². The van der Waals surface area contributed by atoms with Crippen LogP contribution in [0.4, 0.5) is 4.79 Å². The van der Waals surface area contributed by atoms with Crippen molar-refractivity contribution in [3.63, 3.8) is 0 Å². The van der Waals surface area contributed by atoms with Gasteiger partial charge in [0.05, 0.1) is 6.10 Å². The number of hydrogen-bond donors (Lipinski definition) is 2. The number of amides is 1. The Labute approximate surface area is 155 Å². The summed E-state index contributed by atoms with van der Waals surface area (Å²) >= 11 is 0. The van der Waals surface area contributed by atoms with E-state index in [0.29, 0.717) is 13.0 Å². The van der Waals surface area contributed by atoms with Gasteiger partial charge in [-0.1, -0.05) is 42.2 Å². The van der Waals surface area contributed by atoms with Crippen molar-refractivity contribution in [2.75, 3.05) is 6.54 Å². The monoisotopic (exact) mass is 351 g/mol. The van der Waals surface area contributed by atoms with Crippen molar-refractivity contribution >= 4 is 6.09 Å². The lowest BCUT2D eigenvalue weighted by Gasteiger charge is -2.20. The zero-order valence-electron chi connectivity index (χ0n) is 15.5. The van der Waals surface area contributed by atoms with Crippen LogP contribution in [0.1, 0.15) is 50.0 Å². The summed E-state index contributed by atoms with van der Waals surface area (Å²) < 4.78 is 5.17. The standard InChI is InChI=1S/C22H25NO3/c1-22(2,3)26-21(25)23-15-14-20(24)19-11-7-10-18(16-19)13-12-17-8-5-4-6-9-17/h4-11,16,20,24H,14-15H2,1-3H3,(H,23,25). The van der Waals surface area contributed by atoms with Gasteiger partial charge in [0.25, 0.3) is 0 Å². The van der Waals surface area contributed by atoms with Gasteiger partial charge >= 0.3 is 6.09 Å². The second kappa shape index (κ2) is 9.07. The molecule has 2 aromatic carbocycles. The number of carbonyl (C=O) groups is 1. The summed E-state index contributed by atoms with van der Waals surface area (Å²) in [5.41, 5.74) is 2.02. The number of aliphatic hydroxyl groups excluding tert-OH is 1. The molecule has 0 heterocycles. The van der Waals surface area contributed by atoms with Crippen molar-refractivity contribution in [3.05, 3.63) is 71.3 Å². The number of nitrogens with one attached hydrogen (secondary N) is 1. The van der Waals surface area contributed by atoms with Crippen LogP contribution in [0, 0.1) is 11.8 Å². The molecule has 26 heavy (non-hydrogen) atoms. The first-order valence-electron chi connectivity index (χ1n) is 8.65. The van der Waals surface area contributed by atoms with E-state index in [1.165, 1.54) is 0 Å². The summed E-state index contributed by atoms with van der Waals surface area (Å²) in [5.74, 6) is 6.21. The fourth-order valence-electron chi connectivity index (χ4n) is 2.28. The molecule has 0 fully saturated rings. The largest absolute Gasteiger partial charge is 0.444 e. The van der Waals surface area contributed by atoms with Crippen LogP contribution < -0.4 is 5.32 Å². The predicted octanol–water partition coefficient (Wildman–Crippen LogP) is 4.03. The summed E-state index contributed by atoms with van der Waals surface area (Å²) in [6.45, 7) is 5.76. The molecular weight excluding hydrogens is 326 g/mol. The van der Waals surface area contributed by atoms with Crippen molar-refractivity contribution in [3.8, 4) is 11.8 Å². The summed E-state index contributed by atoms with van der Waals surface area (Å²) in [4.78, 5) is 11.6. The highest BCUT2D eigenvalue weighted by molar-refractivity contribution is 5.67. The maximum absolute atomic E-state index is 11.6. The Morgan fingerprint density at radius 1 is 1.08 bits per heavy atom. The summed E-state index contributed by atoms with van der Waals surface area (Å²) in [5, 5.41) is 13.0. The van der Waals surface area contributed by atoms with Gasteiger partial charge in [-0.05, 0) is 57.0 Å². The average molecular weight is 351 g/mol. The molecular formula is C22H25NO3. The van der Waals surface area contributed by atoms with E-state index >= 15 is 0 Å². The molecule has 4 heteroatoms. The van der Waals surface area contributed by atoms with E-state index in [1.54, 1.807) is 0 Å². The number of carbonyl (C=O) groups excluding carboxylic acids is 1. The Balaban J connectivity index is 1.91. The first-order valence-corrected chi connectivity index (χ1v) is 8.65. The van der Waals surface area contributed by atoms with E-state index in [2.05, 4.69) is 17.2 Å². The third kappa shape index (κ3) is 7.00. The zero-order valence-corrected chi connectivity index (χ0v) is 15.5. The highest BCUT2D eigenvalue weighted by atomic mass is 16.6. The molecule has 0 aromatic heterocycles. The van der Waals surface area contributed by atoms with E-state index in [1.807, 2.05) is 75.4 Å². The molecule has 1 unspecified atom stereocenters. The van der Waals surface area contributed by atoms with Gasteiger partial charge in [-0.25, -0.2) is 4.79 Å². The van der Waals surface area contributed by atoms with Gasteiger partial charge in [0.1, 0.15) is 5.60 Å². The van der Waals surface area contributed by atoms with Gasteiger partial charge in [-0.15, -0.1) is 0 Å². The molecule has 4 nitrogen and oxygen atoms in total. The molecule has 1 amide bonds. The molecule has 0 aliphatic heterocycles. The number of benzene rings is 2. The van der Waals surface area contributed by atoms with Crippen LogP contribution in [0.2, 0.25) is 0 Å². The summed E-state index contributed by atoms with van der Waals surface area (Å²) in [7, 11) is 0. The van der Waals surface area contributed by atoms with Crippen LogP contribution in [0.3, 0.4) is 0 Å². The lowest BCUT2D eigenvalue weighted by molar-refractivity contribution is 0.0518. The molecule has 2 aromatic rings.